The first-order chi connectivity index (χ1) is 15.6. The highest BCUT2D eigenvalue weighted by Crippen LogP contribution is 2.23. The fraction of sp³-hybridized carbons (Fsp3) is 0.625. The van der Waals surface area contributed by atoms with Crippen LogP contribution in [0.3, 0.4) is 0 Å². The summed E-state index contributed by atoms with van der Waals surface area (Å²) < 4.78 is 8.00. The first-order valence-corrected chi connectivity index (χ1v) is 12.8. The summed E-state index contributed by atoms with van der Waals surface area (Å²) in [7, 11) is 0. The number of hydrogen-bond donors (Lipinski definition) is 2. The summed E-state index contributed by atoms with van der Waals surface area (Å²) in [5.41, 5.74) is 3.56. The molecule has 4 rings (SSSR count). The van der Waals surface area contributed by atoms with Gasteiger partial charge in [-0.3, -0.25) is 4.79 Å². The van der Waals surface area contributed by atoms with Gasteiger partial charge in [0.15, 0.2) is 11.0 Å². The Hall–Kier alpha value is -2.06. The Morgan fingerprint density at radius 3 is 2.75 bits per heavy atom. The van der Waals surface area contributed by atoms with Gasteiger partial charge in [-0.25, -0.2) is 0 Å². The maximum Gasteiger partial charge on any atom is 0.230 e. The van der Waals surface area contributed by atoms with Crippen LogP contribution < -0.4 is 10.6 Å². The molecular formula is C24H35N5O2S. The summed E-state index contributed by atoms with van der Waals surface area (Å²) in [4.78, 5) is 12.5. The number of thioether (sulfide) groups is 1. The number of benzene rings is 1. The van der Waals surface area contributed by atoms with Crippen LogP contribution in [0.5, 0.6) is 0 Å². The average molecular weight is 458 g/mol. The Bertz CT molecular complexity index is 904. The maximum atomic E-state index is 12.5. The molecule has 2 aromatic rings. The van der Waals surface area contributed by atoms with E-state index in [4.69, 9.17) is 4.74 Å². The number of nitrogens with one attached hydrogen (secondary N) is 2. The highest BCUT2D eigenvalue weighted by molar-refractivity contribution is 7.99. The van der Waals surface area contributed by atoms with Crippen LogP contribution in [0.25, 0.3) is 0 Å². The third kappa shape index (κ3) is 6.25. The molecule has 0 unspecified atom stereocenters. The van der Waals surface area contributed by atoms with Gasteiger partial charge in [0.25, 0.3) is 0 Å². The molecule has 174 valence electrons. The lowest BCUT2D eigenvalue weighted by Crippen LogP contribution is -2.37. The molecular weight excluding hydrogens is 422 g/mol. The Kier molecular flexibility index (Phi) is 8.08. The molecule has 7 nitrogen and oxygen atoms in total. The Morgan fingerprint density at radius 1 is 1.16 bits per heavy atom. The average Bonchev–Trinajstić information content (AvgIpc) is 3.43. The van der Waals surface area contributed by atoms with Crippen LogP contribution >= 0.6 is 11.8 Å². The fourth-order valence-corrected chi connectivity index (χ4v) is 5.34. The van der Waals surface area contributed by atoms with E-state index in [9.17, 15) is 4.79 Å². The summed E-state index contributed by atoms with van der Waals surface area (Å²) >= 11 is 1.47. The predicted molar refractivity (Wildman–Crippen MR) is 128 cm³/mol. The first-order valence-electron chi connectivity index (χ1n) is 11.9. The molecule has 2 aliphatic rings. The zero-order valence-electron chi connectivity index (χ0n) is 19.2. The van der Waals surface area contributed by atoms with Gasteiger partial charge in [0.1, 0.15) is 0 Å². The van der Waals surface area contributed by atoms with Crippen molar-refractivity contribution in [2.24, 2.45) is 0 Å². The number of anilines is 1. The van der Waals surface area contributed by atoms with E-state index in [1.165, 1.54) is 42.2 Å². The third-order valence-corrected chi connectivity index (χ3v) is 7.29. The molecule has 2 N–H and O–H groups in total. The number of hydrogen-bond acceptors (Lipinski definition) is 6. The van der Waals surface area contributed by atoms with Crippen LogP contribution in [0, 0.1) is 13.8 Å². The zero-order valence-corrected chi connectivity index (χ0v) is 20.0. The van der Waals surface area contributed by atoms with Gasteiger partial charge < -0.3 is 19.9 Å². The van der Waals surface area contributed by atoms with E-state index in [0.717, 1.165) is 55.5 Å². The highest BCUT2D eigenvalue weighted by Gasteiger charge is 2.22. The molecule has 1 atom stereocenters. The number of aryl methyl sites for hydroxylation is 2. The number of carbonyl (C=O) groups excluding carboxylic acids is 1. The van der Waals surface area contributed by atoms with Crippen molar-refractivity contribution >= 4 is 23.4 Å². The predicted octanol–water partition coefficient (Wildman–Crippen LogP) is 4.23. The molecule has 2 heterocycles. The van der Waals surface area contributed by atoms with Crippen molar-refractivity contribution in [2.75, 3.05) is 17.7 Å². The summed E-state index contributed by atoms with van der Waals surface area (Å²) in [6.07, 6.45) is 8.23. The second kappa shape index (κ2) is 11.2. The maximum absolute atomic E-state index is 12.5. The van der Waals surface area contributed by atoms with E-state index >= 15 is 0 Å². The number of rotatable bonds is 9. The fourth-order valence-electron chi connectivity index (χ4n) is 4.56. The van der Waals surface area contributed by atoms with Crippen LogP contribution in [-0.4, -0.2) is 45.2 Å². The minimum absolute atomic E-state index is 0.0866. The molecule has 8 heteroatoms. The van der Waals surface area contributed by atoms with Gasteiger partial charge >= 0.3 is 0 Å². The number of carbonyl (C=O) groups is 1. The molecule has 0 spiro atoms. The van der Waals surface area contributed by atoms with Gasteiger partial charge in [-0.1, -0.05) is 48.7 Å². The highest BCUT2D eigenvalue weighted by atomic mass is 32.2. The number of ether oxygens (including phenoxy) is 1. The van der Waals surface area contributed by atoms with Crippen molar-refractivity contribution in [1.29, 1.82) is 0 Å². The molecule has 1 aliphatic carbocycles. The minimum atomic E-state index is 0.0866. The summed E-state index contributed by atoms with van der Waals surface area (Å²) in [6, 6.07) is 6.72. The van der Waals surface area contributed by atoms with E-state index in [2.05, 4.69) is 57.4 Å². The minimum Gasteiger partial charge on any atom is -0.378 e. The van der Waals surface area contributed by atoms with Crippen molar-refractivity contribution in [2.45, 2.75) is 89.2 Å². The van der Waals surface area contributed by atoms with E-state index in [1.807, 2.05) is 0 Å². The van der Waals surface area contributed by atoms with E-state index < -0.39 is 0 Å². The molecule has 0 radical (unpaired) electrons. The third-order valence-electron chi connectivity index (χ3n) is 6.33. The van der Waals surface area contributed by atoms with Crippen molar-refractivity contribution in [3.8, 4) is 0 Å². The van der Waals surface area contributed by atoms with Crippen molar-refractivity contribution in [1.82, 2.24) is 20.1 Å². The van der Waals surface area contributed by atoms with Crippen LogP contribution in [0.15, 0.2) is 23.4 Å². The summed E-state index contributed by atoms with van der Waals surface area (Å²) in [5, 5.41) is 16.4. The molecule has 32 heavy (non-hydrogen) atoms. The second-order valence-corrected chi connectivity index (χ2v) is 9.95. The summed E-state index contributed by atoms with van der Waals surface area (Å²) in [5.74, 6) is 1.32. The lowest BCUT2D eigenvalue weighted by Gasteiger charge is -2.22. The Morgan fingerprint density at radius 2 is 2.00 bits per heavy atom. The zero-order chi connectivity index (χ0) is 22.3. The van der Waals surface area contributed by atoms with Gasteiger partial charge in [0.2, 0.25) is 5.91 Å². The molecule has 1 saturated carbocycles. The number of nitrogens with zero attached hydrogens (tertiary/aromatic N) is 3. The molecule has 1 aromatic carbocycles. The number of amides is 1. The molecule has 2 fully saturated rings. The molecule has 0 bridgehead atoms. The van der Waals surface area contributed by atoms with Crippen LogP contribution in [-0.2, 0) is 22.6 Å². The number of aromatic nitrogens is 3. The topological polar surface area (TPSA) is 81.1 Å². The van der Waals surface area contributed by atoms with Gasteiger partial charge in [0, 0.05) is 18.3 Å². The Balaban J connectivity index is 1.40. The summed E-state index contributed by atoms with van der Waals surface area (Å²) in [6.45, 7) is 6.33. The molecule has 1 saturated heterocycles. The smallest absolute Gasteiger partial charge is 0.230 e. The molecule has 1 aromatic heterocycles. The SMILES string of the molecule is Cc1ccc(NCc2nnc(SCC(=O)NC3CCCCC3)n2C[C@@H]2CCCO2)c(C)c1. The monoisotopic (exact) mass is 457 g/mol. The van der Waals surface area contributed by atoms with Crippen molar-refractivity contribution in [3.63, 3.8) is 0 Å². The van der Waals surface area contributed by atoms with Gasteiger partial charge in [-0.15, -0.1) is 10.2 Å². The largest absolute Gasteiger partial charge is 0.378 e. The van der Waals surface area contributed by atoms with Crippen molar-refractivity contribution < 1.29 is 9.53 Å². The quantitative estimate of drug-likeness (QED) is 0.549. The van der Waals surface area contributed by atoms with E-state index in [-0.39, 0.29) is 12.0 Å². The molecule has 1 aliphatic heterocycles. The van der Waals surface area contributed by atoms with Crippen LogP contribution in [0.1, 0.15) is 61.9 Å². The first kappa shape index (κ1) is 23.1. The van der Waals surface area contributed by atoms with E-state index in [1.54, 1.807) is 0 Å². The second-order valence-electron chi connectivity index (χ2n) is 9.01. The van der Waals surface area contributed by atoms with Crippen LogP contribution in [0.4, 0.5) is 5.69 Å². The lowest BCUT2D eigenvalue weighted by atomic mass is 9.95. The van der Waals surface area contributed by atoms with Gasteiger partial charge in [-0.2, -0.15) is 0 Å². The van der Waals surface area contributed by atoms with Gasteiger partial charge in [-0.05, 0) is 51.2 Å². The lowest BCUT2D eigenvalue weighted by molar-refractivity contribution is -0.119. The van der Waals surface area contributed by atoms with Crippen LogP contribution in [0.2, 0.25) is 0 Å². The normalized spacial score (nSPS) is 19.2. The molecule has 1 amide bonds. The van der Waals surface area contributed by atoms with E-state index in [0.29, 0.717) is 18.3 Å². The van der Waals surface area contributed by atoms with Crippen molar-refractivity contribution in [3.05, 3.63) is 35.2 Å². The van der Waals surface area contributed by atoms with Gasteiger partial charge in [0.05, 0.1) is 24.9 Å². The Labute approximate surface area is 195 Å². The standard InChI is InChI=1S/C24H35N5O2S/c1-17-10-11-21(18(2)13-17)25-14-22-27-28-24(29(22)15-20-9-6-12-31-20)32-16-23(30)26-19-7-4-3-5-8-19/h10-11,13,19-20,25H,3-9,12,14-16H2,1-2H3,(H,26,30)/t20-/m0/s1.